The first kappa shape index (κ1) is 12.3. The molecule has 0 unspecified atom stereocenters. The van der Waals surface area contributed by atoms with Gasteiger partial charge in [0.05, 0.1) is 0 Å². The lowest BCUT2D eigenvalue weighted by Crippen LogP contribution is -2.18. The van der Waals surface area contributed by atoms with E-state index in [1.807, 2.05) is 30.3 Å². The molecule has 0 N–H and O–H groups in total. The molecule has 0 fully saturated rings. The van der Waals surface area contributed by atoms with Crippen LogP contribution in [0.4, 0.5) is 0 Å². The number of hydrogen-bond acceptors (Lipinski definition) is 2. The summed E-state index contributed by atoms with van der Waals surface area (Å²) in [7, 11) is 1.54. The maximum atomic E-state index is 4.80. The molecule has 0 atom stereocenters. The maximum absolute atomic E-state index is 4.80. The van der Waals surface area contributed by atoms with Crippen molar-refractivity contribution in [3.05, 3.63) is 35.9 Å². The molecule has 0 radical (unpaired) electrons. The topological polar surface area (TPSA) is 21.6 Å². The number of rotatable bonds is 1. The van der Waals surface area contributed by atoms with Crippen LogP contribution in [0.15, 0.2) is 35.5 Å². The van der Waals surface area contributed by atoms with E-state index in [0.29, 0.717) is 0 Å². The quantitative estimate of drug-likeness (QED) is 0.401. The molecule has 0 aliphatic carbocycles. The Hall–Kier alpha value is -1.75. The third-order valence-corrected chi connectivity index (χ3v) is 1.99. The molecule has 0 heterocycles. The highest BCUT2D eigenvalue weighted by Crippen LogP contribution is 2.15. The Kier molecular flexibility index (Phi) is 4.13. The highest BCUT2D eigenvalue weighted by molar-refractivity contribution is 6.04. The van der Waals surface area contributed by atoms with Crippen molar-refractivity contribution < 1.29 is 4.84 Å². The summed E-state index contributed by atoms with van der Waals surface area (Å²) in [6.45, 7) is 6.18. The summed E-state index contributed by atoms with van der Waals surface area (Å²) in [5.41, 5.74) is 1.63. The predicted octanol–water partition coefficient (Wildman–Crippen LogP) is 3.09. The molecular weight excluding hydrogens is 198 g/mol. The van der Waals surface area contributed by atoms with Crippen molar-refractivity contribution in [2.24, 2.45) is 10.6 Å². The second-order valence-electron chi connectivity index (χ2n) is 4.49. The van der Waals surface area contributed by atoms with E-state index in [2.05, 4.69) is 37.8 Å². The minimum atomic E-state index is -0.0994. The lowest BCUT2D eigenvalue weighted by molar-refractivity contribution is 0.210. The van der Waals surface area contributed by atoms with Gasteiger partial charge in [-0.05, 0) is 18.1 Å². The first-order valence-electron chi connectivity index (χ1n) is 5.23. The van der Waals surface area contributed by atoms with Crippen molar-refractivity contribution in [1.29, 1.82) is 0 Å². The summed E-state index contributed by atoms with van der Waals surface area (Å²) in [6.07, 6.45) is 0. The first-order valence-corrected chi connectivity index (χ1v) is 5.23. The molecule has 0 aliphatic heterocycles. The minimum Gasteiger partial charge on any atom is -0.398 e. The number of nitrogens with zero attached hydrogens (tertiary/aromatic N) is 1. The maximum Gasteiger partial charge on any atom is 0.135 e. The summed E-state index contributed by atoms with van der Waals surface area (Å²) < 4.78 is 0. The molecule has 16 heavy (non-hydrogen) atoms. The Morgan fingerprint density at radius 3 is 2.31 bits per heavy atom. The third-order valence-electron chi connectivity index (χ3n) is 1.99. The molecule has 0 aromatic heterocycles. The van der Waals surface area contributed by atoms with Crippen LogP contribution in [0.5, 0.6) is 0 Å². The SMILES string of the molecule is CO/N=C(\C#Cc1ccccc1)C(C)(C)C. The average Bonchev–Trinajstić information content (AvgIpc) is 2.24. The number of benzene rings is 1. The average molecular weight is 215 g/mol. The zero-order valence-corrected chi connectivity index (χ0v) is 10.2. The molecular formula is C14H17NO. The van der Waals surface area contributed by atoms with Gasteiger partial charge in [-0.15, -0.1) is 0 Å². The fourth-order valence-corrected chi connectivity index (χ4v) is 1.09. The van der Waals surface area contributed by atoms with Gasteiger partial charge in [-0.25, -0.2) is 0 Å². The lowest BCUT2D eigenvalue weighted by atomic mass is 9.90. The highest BCUT2D eigenvalue weighted by Gasteiger charge is 2.17. The third kappa shape index (κ3) is 3.78. The van der Waals surface area contributed by atoms with Crippen LogP contribution < -0.4 is 0 Å². The van der Waals surface area contributed by atoms with Crippen molar-refractivity contribution in [2.75, 3.05) is 7.11 Å². The summed E-state index contributed by atoms with van der Waals surface area (Å²) in [5, 5.41) is 3.95. The summed E-state index contributed by atoms with van der Waals surface area (Å²) in [5.74, 6) is 6.13. The molecule has 84 valence electrons. The van der Waals surface area contributed by atoms with Crippen LogP contribution in [0.2, 0.25) is 0 Å². The van der Waals surface area contributed by atoms with Gasteiger partial charge in [0.2, 0.25) is 0 Å². The van der Waals surface area contributed by atoms with Crippen LogP contribution >= 0.6 is 0 Å². The van der Waals surface area contributed by atoms with Crippen molar-refractivity contribution in [3.63, 3.8) is 0 Å². The van der Waals surface area contributed by atoms with Gasteiger partial charge >= 0.3 is 0 Å². The van der Waals surface area contributed by atoms with Crippen LogP contribution in [0.1, 0.15) is 26.3 Å². The Bertz CT molecular complexity index is 416. The first-order chi connectivity index (χ1) is 7.54. The summed E-state index contributed by atoms with van der Waals surface area (Å²) in [4.78, 5) is 4.80. The van der Waals surface area contributed by atoms with Crippen LogP contribution in [-0.2, 0) is 4.84 Å². The molecule has 0 bridgehead atoms. The van der Waals surface area contributed by atoms with Gasteiger partial charge in [-0.1, -0.05) is 50.0 Å². The normalized spacial score (nSPS) is 11.6. The van der Waals surface area contributed by atoms with Gasteiger partial charge in [-0.2, -0.15) is 0 Å². The van der Waals surface area contributed by atoms with Crippen LogP contribution in [0.3, 0.4) is 0 Å². The Balaban J connectivity index is 2.94. The fourth-order valence-electron chi connectivity index (χ4n) is 1.09. The van der Waals surface area contributed by atoms with Crippen LogP contribution in [0, 0.1) is 17.3 Å². The van der Waals surface area contributed by atoms with Gasteiger partial charge in [0.25, 0.3) is 0 Å². The second kappa shape index (κ2) is 5.37. The Labute approximate surface area is 97.3 Å². The zero-order chi connectivity index (χ0) is 12.0. The lowest BCUT2D eigenvalue weighted by Gasteiger charge is -2.15. The van der Waals surface area contributed by atoms with E-state index in [1.165, 1.54) is 7.11 Å². The van der Waals surface area contributed by atoms with E-state index in [0.717, 1.165) is 11.3 Å². The van der Waals surface area contributed by atoms with Crippen molar-refractivity contribution >= 4 is 5.71 Å². The molecule has 0 saturated heterocycles. The molecule has 1 rings (SSSR count). The minimum absolute atomic E-state index is 0.0994. The standard InChI is InChI=1S/C14H17NO/c1-14(2,3)13(15-16-4)11-10-12-8-6-5-7-9-12/h5-9H,1-4H3/b15-13+. The van der Waals surface area contributed by atoms with Crippen molar-refractivity contribution in [3.8, 4) is 11.8 Å². The van der Waals surface area contributed by atoms with E-state index in [1.54, 1.807) is 0 Å². The van der Waals surface area contributed by atoms with E-state index >= 15 is 0 Å². The van der Waals surface area contributed by atoms with E-state index in [4.69, 9.17) is 4.84 Å². The molecule has 2 nitrogen and oxygen atoms in total. The van der Waals surface area contributed by atoms with Crippen molar-refractivity contribution in [2.45, 2.75) is 20.8 Å². The van der Waals surface area contributed by atoms with Crippen LogP contribution in [0.25, 0.3) is 0 Å². The smallest absolute Gasteiger partial charge is 0.135 e. The molecule has 1 aromatic carbocycles. The summed E-state index contributed by atoms with van der Waals surface area (Å²) >= 11 is 0. The largest absolute Gasteiger partial charge is 0.398 e. The Morgan fingerprint density at radius 2 is 1.81 bits per heavy atom. The van der Waals surface area contributed by atoms with Gasteiger partial charge in [0.1, 0.15) is 12.8 Å². The molecule has 0 amide bonds. The molecule has 0 aliphatic rings. The monoisotopic (exact) mass is 215 g/mol. The van der Waals surface area contributed by atoms with Gasteiger partial charge in [0, 0.05) is 11.0 Å². The molecule has 0 spiro atoms. The van der Waals surface area contributed by atoms with E-state index < -0.39 is 0 Å². The van der Waals surface area contributed by atoms with Gasteiger partial charge < -0.3 is 4.84 Å². The van der Waals surface area contributed by atoms with E-state index in [9.17, 15) is 0 Å². The fraction of sp³-hybridized carbons (Fsp3) is 0.357. The van der Waals surface area contributed by atoms with Crippen LogP contribution in [-0.4, -0.2) is 12.8 Å². The number of hydrogen-bond donors (Lipinski definition) is 0. The second-order valence-corrected chi connectivity index (χ2v) is 4.49. The summed E-state index contributed by atoms with van der Waals surface area (Å²) in [6, 6.07) is 9.85. The molecule has 0 saturated carbocycles. The van der Waals surface area contributed by atoms with E-state index in [-0.39, 0.29) is 5.41 Å². The Morgan fingerprint density at radius 1 is 1.19 bits per heavy atom. The predicted molar refractivity (Wildman–Crippen MR) is 67.2 cm³/mol. The van der Waals surface area contributed by atoms with Crippen molar-refractivity contribution in [1.82, 2.24) is 0 Å². The zero-order valence-electron chi connectivity index (χ0n) is 10.2. The molecule has 1 aromatic rings. The molecule has 2 heteroatoms. The van der Waals surface area contributed by atoms with Gasteiger partial charge in [0.15, 0.2) is 0 Å². The number of oxime groups is 1. The highest BCUT2D eigenvalue weighted by atomic mass is 16.6. The van der Waals surface area contributed by atoms with Gasteiger partial charge in [-0.3, -0.25) is 0 Å².